The summed E-state index contributed by atoms with van der Waals surface area (Å²) in [7, 11) is 3.90. The molecule has 4 heterocycles. The van der Waals surface area contributed by atoms with Crippen molar-refractivity contribution in [3.8, 4) is 0 Å². The number of rotatable bonds is 10. The van der Waals surface area contributed by atoms with Gasteiger partial charge in [0.2, 0.25) is 11.1 Å². The van der Waals surface area contributed by atoms with Crippen LogP contribution in [0.2, 0.25) is 0 Å². The maximum atomic E-state index is 12.8. The lowest BCUT2D eigenvalue weighted by atomic mass is 10.0. The standard InChI is InChI=1S/C18H25N9O4S3/c1-25(2)3-4-26-18(22-23-24-26)34-7-9-6-32-15-12(14(29)27(15)13(9)16(30)31)21-11(28)5-10-8-33-17(19)20-10/h8,12,15,17,20H,3-7,19H2,1-2H3,(H,21,28)(H,30,31)/t12-,15+,17?/m1/s1. The molecule has 16 heteroatoms. The molecule has 0 aliphatic carbocycles. The fourth-order valence-electron chi connectivity index (χ4n) is 3.58. The average molecular weight is 528 g/mol. The number of hydrogen-bond donors (Lipinski definition) is 4. The third-order valence-electron chi connectivity index (χ3n) is 5.24. The third kappa shape index (κ3) is 5.35. The minimum Gasteiger partial charge on any atom is -0.477 e. The maximum Gasteiger partial charge on any atom is 0.352 e. The molecular formula is C18H25N9O4S3. The van der Waals surface area contributed by atoms with Gasteiger partial charge in [0, 0.05) is 23.7 Å². The summed E-state index contributed by atoms with van der Waals surface area (Å²) in [4.78, 5) is 40.5. The van der Waals surface area contributed by atoms with Gasteiger partial charge in [0.05, 0.1) is 13.0 Å². The summed E-state index contributed by atoms with van der Waals surface area (Å²) in [6.45, 7) is 1.36. The van der Waals surface area contributed by atoms with Crippen LogP contribution in [-0.4, -0.2) is 102 Å². The van der Waals surface area contributed by atoms with Crippen LogP contribution in [0.4, 0.5) is 0 Å². The molecule has 184 valence electrons. The van der Waals surface area contributed by atoms with Gasteiger partial charge < -0.3 is 26.4 Å². The second-order valence-electron chi connectivity index (χ2n) is 8.01. The zero-order valence-corrected chi connectivity index (χ0v) is 21.0. The molecule has 0 spiro atoms. The molecule has 3 atom stereocenters. The largest absolute Gasteiger partial charge is 0.477 e. The molecule has 1 fully saturated rings. The van der Waals surface area contributed by atoms with Crippen LogP contribution in [0.25, 0.3) is 0 Å². The molecule has 1 unspecified atom stereocenters. The summed E-state index contributed by atoms with van der Waals surface area (Å²) in [5.41, 5.74) is 6.72. The Morgan fingerprint density at radius 1 is 1.44 bits per heavy atom. The number of nitrogens with two attached hydrogens (primary N) is 1. The summed E-state index contributed by atoms with van der Waals surface area (Å²) in [5.74, 6) is -1.16. The molecule has 0 radical (unpaired) electrons. The summed E-state index contributed by atoms with van der Waals surface area (Å²) < 4.78 is 1.67. The highest BCUT2D eigenvalue weighted by Crippen LogP contribution is 2.41. The van der Waals surface area contributed by atoms with Crippen molar-refractivity contribution < 1.29 is 19.5 Å². The number of carbonyl (C=O) groups is 3. The number of likely N-dealkylation sites (N-methyl/N-ethyl adjacent to an activating group) is 1. The molecule has 3 aliphatic rings. The first-order valence-corrected chi connectivity index (χ1v) is 13.3. The minimum absolute atomic E-state index is 0.0263. The van der Waals surface area contributed by atoms with Crippen molar-refractivity contribution in [2.75, 3.05) is 32.1 Å². The quantitative estimate of drug-likeness (QED) is 0.213. The van der Waals surface area contributed by atoms with Crippen LogP contribution >= 0.6 is 35.3 Å². The minimum atomic E-state index is -1.17. The van der Waals surface area contributed by atoms with Crippen molar-refractivity contribution >= 4 is 53.1 Å². The monoisotopic (exact) mass is 527 g/mol. The molecule has 0 aromatic carbocycles. The SMILES string of the molecule is CN(C)CCn1nnnc1SCC1=C(C(=O)O)N2C(=O)[C@@H](NC(=O)CC3=CSC(N)N3)[C@@H]2SC1. The number of nitrogens with zero attached hydrogens (tertiary/aromatic N) is 6. The molecule has 34 heavy (non-hydrogen) atoms. The predicted molar refractivity (Wildman–Crippen MR) is 128 cm³/mol. The Hall–Kier alpha value is -2.27. The molecule has 2 amide bonds. The van der Waals surface area contributed by atoms with Gasteiger partial charge in [-0.2, -0.15) is 0 Å². The van der Waals surface area contributed by atoms with Crippen LogP contribution in [-0.2, 0) is 20.9 Å². The summed E-state index contributed by atoms with van der Waals surface area (Å²) >= 11 is 4.14. The van der Waals surface area contributed by atoms with Crippen molar-refractivity contribution in [1.29, 1.82) is 0 Å². The van der Waals surface area contributed by atoms with Crippen molar-refractivity contribution in [3.05, 3.63) is 22.4 Å². The third-order valence-corrected chi connectivity index (χ3v) is 8.45. The molecule has 5 N–H and O–H groups in total. The van der Waals surface area contributed by atoms with Gasteiger partial charge in [-0.15, -0.1) is 16.9 Å². The Morgan fingerprint density at radius 3 is 2.91 bits per heavy atom. The Bertz CT molecular complexity index is 1040. The lowest BCUT2D eigenvalue weighted by molar-refractivity contribution is -0.150. The lowest BCUT2D eigenvalue weighted by Gasteiger charge is -2.49. The zero-order chi connectivity index (χ0) is 24.4. The molecule has 0 bridgehead atoms. The smallest absolute Gasteiger partial charge is 0.352 e. The zero-order valence-electron chi connectivity index (χ0n) is 18.5. The first-order chi connectivity index (χ1) is 16.2. The molecule has 0 saturated carbocycles. The van der Waals surface area contributed by atoms with Gasteiger partial charge in [-0.25, -0.2) is 9.48 Å². The van der Waals surface area contributed by atoms with E-state index in [0.717, 1.165) is 6.54 Å². The van der Waals surface area contributed by atoms with E-state index in [2.05, 4.69) is 26.2 Å². The molecule has 13 nitrogen and oxygen atoms in total. The Morgan fingerprint density at radius 2 is 2.24 bits per heavy atom. The number of aromatic nitrogens is 4. The topological polar surface area (TPSA) is 172 Å². The van der Waals surface area contributed by atoms with Crippen molar-refractivity contribution in [1.82, 2.24) is 40.6 Å². The second-order valence-corrected chi connectivity index (χ2v) is 11.1. The van der Waals surface area contributed by atoms with Crippen LogP contribution in [0.5, 0.6) is 0 Å². The average Bonchev–Trinajstić information content (AvgIpc) is 3.41. The normalized spacial score (nSPS) is 24.0. The van der Waals surface area contributed by atoms with E-state index in [9.17, 15) is 19.5 Å². The Kier molecular flexibility index (Phi) is 7.71. The van der Waals surface area contributed by atoms with Crippen molar-refractivity contribution in [3.63, 3.8) is 0 Å². The lowest BCUT2D eigenvalue weighted by Crippen LogP contribution is -2.70. The molecule has 4 rings (SSSR count). The first kappa shape index (κ1) is 24.8. The number of amides is 2. The van der Waals surface area contributed by atoms with Crippen LogP contribution in [0.1, 0.15) is 6.42 Å². The van der Waals surface area contributed by atoms with Gasteiger partial charge in [-0.3, -0.25) is 14.5 Å². The van der Waals surface area contributed by atoms with E-state index >= 15 is 0 Å². The second kappa shape index (κ2) is 10.6. The first-order valence-electron chi connectivity index (χ1n) is 10.3. The number of thioether (sulfide) groups is 3. The Labute approximate surface area is 208 Å². The van der Waals surface area contributed by atoms with Gasteiger partial charge in [-0.05, 0) is 35.5 Å². The number of tetrazole rings is 1. The van der Waals surface area contributed by atoms with Crippen LogP contribution in [0.15, 0.2) is 27.5 Å². The van der Waals surface area contributed by atoms with Crippen LogP contribution in [0, 0.1) is 0 Å². The summed E-state index contributed by atoms with van der Waals surface area (Å²) in [6.07, 6.45) is 0.0773. The van der Waals surface area contributed by atoms with Crippen molar-refractivity contribution in [2.24, 2.45) is 5.73 Å². The highest BCUT2D eigenvalue weighted by Gasteiger charge is 2.54. The van der Waals surface area contributed by atoms with Gasteiger partial charge >= 0.3 is 5.97 Å². The van der Waals surface area contributed by atoms with E-state index in [1.807, 2.05) is 19.0 Å². The van der Waals surface area contributed by atoms with E-state index < -0.39 is 23.3 Å². The van der Waals surface area contributed by atoms with E-state index in [4.69, 9.17) is 5.73 Å². The van der Waals surface area contributed by atoms with Gasteiger partial charge in [0.25, 0.3) is 5.91 Å². The van der Waals surface area contributed by atoms with Crippen LogP contribution in [0.3, 0.4) is 0 Å². The maximum absolute atomic E-state index is 12.8. The number of nitrogens with one attached hydrogen (secondary N) is 2. The molecular weight excluding hydrogens is 502 g/mol. The van der Waals surface area contributed by atoms with E-state index in [-0.39, 0.29) is 23.5 Å². The number of carbonyl (C=O) groups excluding carboxylic acids is 2. The number of fused-ring (bicyclic) bond motifs is 1. The van der Waals surface area contributed by atoms with Crippen molar-refractivity contribution in [2.45, 2.75) is 35.0 Å². The van der Waals surface area contributed by atoms with Gasteiger partial charge in [0.15, 0.2) is 0 Å². The van der Waals surface area contributed by atoms with Gasteiger partial charge in [-0.1, -0.05) is 23.5 Å². The fraction of sp³-hybridized carbons (Fsp3) is 0.556. The molecule has 3 aliphatic heterocycles. The van der Waals surface area contributed by atoms with Gasteiger partial charge in [0.1, 0.15) is 22.6 Å². The number of β-lactam (4-membered cyclic amide) rings is 1. The van der Waals surface area contributed by atoms with E-state index in [0.29, 0.717) is 34.5 Å². The van der Waals surface area contributed by atoms with E-state index in [1.165, 1.54) is 40.2 Å². The fourth-order valence-corrected chi connectivity index (χ4v) is 6.65. The summed E-state index contributed by atoms with van der Waals surface area (Å²) in [5, 5.41) is 29.2. The number of aliphatic carboxylic acids is 1. The number of carboxylic acid groups (broad SMARTS) is 1. The van der Waals surface area contributed by atoms with Crippen LogP contribution < -0.4 is 16.4 Å². The number of carboxylic acids is 1. The predicted octanol–water partition coefficient (Wildman–Crippen LogP) is -1.12. The highest BCUT2D eigenvalue weighted by molar-refractivity contribution is 8.02. The number of hydrogen-bond acceptors (Lipinski definition) is 12. The molecule has 1 aromatic heterocycles. The summed E-state index contributed by atoms with van der Waals surface area (Å²) in [6, 6.07) is -0.761. The molecule has 1 saturated heterocycles. The Balaban J connectivity index is 1.39. The molecule has 1 aromatic rings. The highest BCUT2D eigenvalue weighted by atomic mass is 32.2. The van der Waals surface area contributed by atoms with E-state index in [1.54, 1.807) is 10.1 Å².